The molecule has 0 aliphatic carbocycles. The van der Waals surface area contributed by atoms with Crippen molar-refractivity contribution in [2.45, 2.75) is 25.8 Å². The number of amides is 1. The molecule has 1 heterocycles. The second kappa shape index (κ2) is 9.69. The maximum atomic E-state index is 12.8. The van der Waals surface area contributed by atoms with Crippen LogP contribution in [0.4, 0.5) is 0 Å². The van der Waals surface area contributed by atoms with Crippen LogP contribution >= 0.6 is 0 Å². The van der Waals surface area contributed by atoms with Crippen LogP contribution in [0.3, 0.4) is 0 Å². The van der Waals surface area contributed by atoms with Crippen LogP contribution in [0.2, 0.25) is 0 Å². The summed E-state index contributed by atoms with van der Waals surface area (Å²) in [7, 11) is 0. The molecular weight excluding hydrogens is 336 g/mol. The minimum atomic E-state index is 0.153. The Balaban J connectivity index is 1.59. The zero-order valence-electron chi connectivity index (χ0n) is 15.5. The third kappa shape index (κ3) is 5.53. The minimum Gasteiger partial charge on any atom is -0.338 e. The molecule has 0 saturated carbocycles. The molecule has 5 nitrogen and oxygen atoms in total. The van der Waals surface area contributed by atoms with E-state index in [0.717, 1.165) is 23.2 Å². The fourth-order valence-corrected chi connectivity index (χ4v) is 3.00. The smallest absolute Gasteiger partial charge is 0.223 e. The van der Waals surface area contributed by atoms with Gasteiger partial charge in [-0.1, -0.05) is 48.5 Å². The highest BCUT2D eigenvalue weighted by Crippen LogP contribution is 2.12. The predicted molar refractivity (Wildman–Crippen MR) is 107 cm³/mol. The van der Waals surface area contributed by atoms with Crippen LogP contribution in [-0.2, 0) is 17.8 Å². The Labute approximate surface area is 160 Å². The van der Waals surface area contributed by atoms with Crippen LogP contribution in [0.5, 0.6) is 0 Å². The van der Waals surface area contributed by atoms with Gasteiger partial charge in [0, 0.05) is 25.7 Å². The van der Waals surface area contributed by atoms with Crippen molar-refractivity contribution >= 4 is 5.91 Å². The summed E-state index contributed by atoms with van der Waals surface area (Å²) in [4.78, 5) is 14.7. The summed E-state index contributed by atoms with van der Waals surface area (Å²) in [6, 6.07) is 20.1. The number of nitrogens with two attached hydrogens (primary N) is 1. The molecule has 1 aromatic heterocycles. The number of aromatic nitrogens is 2. The molecule has 0 atom stereocenters. The monoisotopic (exact) mass is 362 g/mol. The number of aryl methyl sites for hydroxylation is 1. The van der Waals surface area contributed by atoms with Gasteiger partial charge in [0.1, 0.15) is 0 Å². The van der Waals surface area contributed by atoms with Gasteiger partial charge in [-0.15, -0.1) is 0 Å². The second-order valence-corrected chi connectivity index (χ2v) is 6.57. The van der Waals surface area contributed by atoms with Crippen molar-refractivity contribution < 1.29 is 4.79 Å². The summed E-state index contributed by atoms with van der Waals surface area (Å²) < 4.78 is 1.84. The molecular formula is C22H26N4O. The number of para-hydroxylation sites is 1. The molecule has 0 bridgehead atoms. The lowest BCUT2D eigenvalue weighted by Gasteiger charge is -2.22. The maximum absolute atomic E-state index is 12.8. The van der Waals surface area contributed by atoms with Crippen molar-refractivity contribution in [1.29, 1.82) is 0 Å². The number of hydrogen-bond donors (Lipinski definition) is 1. The van der Waals surface area contributed by atoms with Crippen LogP contribution in [0.1, 0.15) is 24.0 Å². The second-order valence-electron chi connectivity index (χ2n) is 6.57. The number of hydrogen-bond acceptors (Lipinski definition) is 3. The fraction of sp³-hybridized carbons (Fsp3) is 0.273. The summed E-state index contributed by atoms with van der Waals surface area (Å²) in [6.45, 7) is 1.90. The van der Waals surface area contributed by atoms with Crippen molar-refractivity contribution in [3.05, 3.63) is 84.2 Å². The van der Waals surface area contributed by atoms with Crippen molar-refractivity contribution in [2.24, 2.45) is 5.73 Å². The highest BCUT2D eigenvalue weighted by Gasteiger charge is 2.14. The molecule has 3 rings (SSSR count). The summed E-state index contributed by atoms with van der Waals surface area (Å²) in [5, 5.41) is 4.40. The van der Waals surface area contributed by atoms with Crippen LogP contribution < -0.4 is 5.73 Å². The highest BCUT2D eigenvalue weighted by molar-refractivity contribution is 5.76. The number of carbonyl (C=O) groups excluding carboxylic acids is 1. The Morgan fingerprint density at radius 2 is 1.70 bits per heavy atom. The van der Waals surface area contributed by atoms with E-state index in [0.29, 0.717) is 32.5 Å². The van der Waals surface area contributed by atoms with Gasteiger partial charge in [0.05, 0.1) is 11.9 Å². The lowest BCUT2D eigenvalue weighted by molar-refractivity contribution is -0.131. The topological polar surface area (TPSA) is 64.2 Å². The summed E-state index contributed by atoms with van der Waals surface area (Å²) in [6.07, 6.45) is 5.79. The van der Waals surface area contributed by atoms with Crippen LogP contribution in [0, 0.1) is 0 Å². The zero-order valence-corrected chi connectivity index (χ0v) is 15.5. The first-order chi connectivity index (χ1) is 13.3. The largest absolute Gasteiger partial charge is 0.338 e. The molecule has 3 aromatic rings. The Bertz CT molecular complexity index is 830. The van der Waals surface area contributed by atoms with Gasteiger partial charge in [-0.25, -0.2) is 4.68 Å². The van der Waals surface area contributed by atoms with E-state index in [9.17, 15) is 4.79 Å². The lowest BCUT2D eigenvalue weighted by Crippen LogP contribution is -2.32. The van der Waals surface area contributed by atoms with Crippen LogP contribution in [-0.4, -0.2) is 33.7 Å². The first-order valence-corrected chi connectivity index (χ1v) is 9.37. The average Bonchev–Trinajstić information content (AvgIpc) is 3.20. The molecule has 5 heteroatoms. The number of nitrogens with zero attached hydrogens (tertiary/aromatic N) is 3. The number of rotatable bonds is 9. The molecule has 0 radical (unpaired) electrons. The standard InChI is InChI=1S/C22H26N4O/c23-14-7-15-25(17-19-8-3-1-4-9-19)22(27)13-12-20-16-24-26(18-20)21-10-5-2-6-11-21/h1-6,8-11,16,18H,7,12-15,17,23H2. The van der Waals surface area contributed by atoms with Crippen LogP contribution in [0.25, 0.3) is 5.69 Å². The fourth-order valence-electron chi connectivity index (χ4n) is 3.00. The van der Waals surface area contributed by atoms with Gasteiger partial charge in [0.2, 0.25) is 5.91 Å². The van der Waals surface area contributed by atoms with E-state index in [1.165, 1.54) is 0 Å². The van der Waals surface area contributed by atoms with Gasteiger partial charge in [-0.2, -0.15) is 5.10 Å². The number of carbonyl (C=O) groups is 1. The molecule has 27 heavy (non-hydrogen) atoms. The van der Waals surface area contributed by atoms with E-state index in [1.807, 2.05) is 82.6 Å². The molecule has 1 amide bonds. The van der Waals surface area contributed by atoms with Crippen molar-refractivity contribution in [3.8, 4) is 5.69 Å². The Morgan fingerprint density at radius 1 is 1.00 bits per heavy atom. The van der Waals surface area contributed by atoms with E-state index in [4.69, 9.17) is 5.73 Å². The molecule has 0 spiro atoms. The summed E-state index contributed by atoms with van der Waals surface area (Å²) in [5.74, 6) is 0.153. The SMILES string of the molecule is NCCCN(Cc1ccccc1)C(=O)CCc1cnn(-c2ccccc2)c1. The van der Waals surface area contributed by atoms with Gasteiger partial charge in [-0.05, 0) is 42.6 Å². The lowest BCUT2D eigenvalue weighted by atomic mass is 10.1. The number of benzene rings is 2. The Hall–Kier alpha value is -2.92. The average molecular weight is 362 g/mol. The van der Waals surface area contributed by atoms with E-state index >= 15 is 0 Å². The van der Waals surface area contributed by atoms with Crippen LogP contribution in [0.15, 0.2) is 73.1 Å². The Kier molecular flexibility index (Phi) is 6.77. The van der Waals surface area contributed by atoms with Gasteiger partial charge in [-0.3, -0.25) is 4.79 Å². The molecule has 0 aliphatic rings. The van der Waals surface area contributed by atoms with Crippen molar-refractivity contribution in [3.63, 3.8) is 0 Å². The third-order valence-corrected chi connectivity index (χ3v) is 4.49. The first-order valence-electron chi connectivity index (χ1n) is 9.37. The van der Waals surface area contributed by atoms with E-state index < -0.39 is 0 Å². The van der Waals surface area contributed by atoms with Gasteiger partial charge in [0.25, 0.3) is 0 Å². The summed E-state index contributed by atoms with van der Waals surface area (Å²) >= 11 is 0. The normalized spacial score (nSPS) is 10.7. The highest BCUT2D eigenvalue weighted by atomic mass is 16.2. The van der Waals surface area contributed by atoms with E-state index in [-0.39, 0.29) is 5.91 Å². The van der Waals surface area contributed by atoms with Gasteiger partial charge in [0.15, 0.2) is 0 Å². The molecule has 140 valence electrons. The van der Waals surface area contributed by atoms with E-state index in [2.05, 4.69) is 5.10 Å². The molecule has 0 unspecified atom stereocenters. The zero-order chi connectivity index (χ0) is 18.9. The third-order valence-electron chi connectivity index (χ3n) is 4.49. The molecule has 0 fully saturated rings. The molecule has 0 aliphatic heterocycles. The van der Waals surface area contributed by atoms with Crippen molar-refractivity contribution in [1.82, 2.24) is 14.7 Å². The molecule has 2 aromatic carbocycles. The molecule has 0 saturated heterocycles. The quantitative estimate of drug-likeness (QED) is 0.636. The molecule has 2 N–H and O–H groups in total. The van der Waals surface area contributed by atoms with Gasteiger partial charge >= 0.3 is 0 Å². The Morgan fingerprint density at radius 3 is 2.41 bits per heavy atom. The first kappa shape index (κ1) is 18.9. The van der Waals surface area contributed by atoms with Crippen molar-refractivity contribution in [2.75, 3.05) is 13.1 Å². The maximum Gasteiger partial charge on any atom is 0.223 e. The van der Waals surface area contributed by atoms with Gasteiger partial charge < -0.3 is 10.6 Å². The van der Waals surface area contributed by atoms with E-state index in [1.54, 1.807) is 0 Å². The summed E-state index contributed by atoms with van der Waals surface area (Å²) in [5.41, 5.74) is 8.86. The minimum absolute atomic E-state index is 0.153. The predicted octanol–water partition coefficient (Wildman–Crippen LogP) is 3.18.